The zero-order valence-electron chi connectivity index (χ0n) is 13.5. The number of hydrogen-bond donors (Lipinski definition) is 0. The Bertz CT molecular complexity index is 704. The summed E-state index contributed by atoms with van der Waals surface area (Å²) in [5.41, 5.74) is 3.89. The zero-order chi connectivity index (χ0) is 16.7. The van der Waals surface area contributed by atoms with Crippen LogP contribution >= 0.6 is 11.8 Å². The van der Waals surface area contributed by atoms with Gasteiger partial charge in [-0.25, -0.2) is 0 Å². The molecule has 0 spiro atoms. The number of aryl methyl sites for hydroxylation is 1. The highest BCUT2D eigenvalue weighted by molar-refractivity contribution is 7.99. The van der Waals surface area contributed by atoms with Crippen molar-refractivity contribution in [1.82, 2.24) is 0 Å². The van der Waals surface area contributed by atoms with E-state index in [-0.39, 0.29) is 5.91 Å². The van der Waals surface area contributed by atoms with E-state index in [2.05, 4.69) is 6.07 Å². The molecule has 3 nitrogen and oxygen atoms in total. The first-order chi connectivity index (χ1) is 11.1. The van der Waals surface area contributed by atoms with Gasteiger partial charge in [-0.2, -0.15) is 5.26 Å². The van der Waals surface area contributed by atoms with Gasteiger partial charge in [-0.15, -0.1) is 11.8 Å². The molecule has 0 radical (unpaired) electrons. The fourth-order valence-corrected chi connectivity index (χ4v) is 3.17. The van der Waals surface area contributed by atoms with E-state index in [1.807, 2.05) is 67.3 Å². The summed E-state index contributed by atoms with van der Waals surface area (Å²) in [6.07, 6.45) is 0. The summed E-state index contributed by atoms with van der Waals surface area (Å²) in [5.74, 6) is 1.33. The number of amides is 1. The smallest absolute Gasteiger partial charge is 0.236 e. The summed E-state index contributed by atoms with van der Waals surface area (Å²) in [7, 11) is 0. The van der Waals surface area contributed by atoms with Gasteiger partial charge in [0.2, 0.25) is 5.91 Å². The van der Waals surface area contributed by atoms with Gasteiger partial charge in [0.25, 0.3) is 0 Å². The van der Waals surface area contributed by atoms with Crippen LogP contribution in [0.5, 0.6) is 0 Å². The van der Waals surface area contributed by atoms with E-state index >= 15 is 0 Å². The third kappa shape index (κ3) is 4.87. The summed E-state index contributed by atoms with van der Waals surface area (Å²) in [6, 6.07) is 17.6. The van der Waals surface area contributed by atoms with Crippen molar-refractivity contribution in [2.75, 3.05) is 17.2 Å². The minimum absolute atomic E-state index is 0.122. The lowest BCUT2D eigenvalue weighted by Crippen LogP contribution is -2.32. The number of carbonyl (C=O) groups excluding carboxylic acids is 1. The Morgan fingerprint density at radius 2 is 1.96 bits per heavy atom. The van der Waals surface area contributed by atoms with Crippen molar-refractivity contribution >= 4 is 23.4 Å². The van der Waals surface area contributed by atoms with E-state index in [9.17, 15) is 4.79 Å². The highest BCUT2D eigenvalue weighted by atomic mass is 32.2. The van der Waals surface area contributed by atoms with Crippen LogP contribution in [0.25, 0.3) is 0 Å². The van der Waals surface area contributed by atoms with E-state index in [0.717, 1.165) is 22.6 Å². The van der Waals surface area contributed by atoms with Crippen LogP contribution in [0, 0.1) is 18.3 Å². The second kappa shape index (κ2) is 8.40. The zero-order valence-corrected chi connectivity index (χ0v) is 14.3. The molecular weight excluding hydrogens is 304 g/mol. The number of nitrogens with zero attached hydrogens (tertiary/aromatic N) is 2. The number of benzene rings is 2. The predicted molar refractivity (Wildman–Crippen MR) is 96.5 cm³/mol. The summed E-state index contributed by atoms with van der Waals surface area (Å²) < 4.78 is 0. The maximum atomic E-state index is 12.4. The largest absolute Gasteiger partial charge is 0.312 e. The van der Waals surface area contributed by atoms with E-state index in [0.29, 0.717) is 17.9 Å². The number of carbonyl (C=O) groups is 1. The molecule has 0 aliphatic rings. The molecule has 0 unspecified atom stereocenters. The first-order valence-corrected chi connectivity index (χ1v) is 8.73. The number of anilines is 1. The SMILES string of the molecule is CCN(C(=O)CSCc1ccc(C#N)cc1)c1cccc(C)c1. The van der Waals surface area contributed by atoms with Crippen molar-refractivity contribution in [1.29, 1.82) is 5.26 Å². The monoisotopic (exact) mass is 324 g/mol. The maximum absolute atomic E-state index is 12.4. The van der Waals surface area contributed by atoms with Crippen molar-refractivity contribution in [3.63, 3.8) is 0 Å². The van der Waals surface area contributed by atoms with Crippen LogP contribution in [-0.4, -0.2) is 18.2 Å². The molecule has 0 N–H and O–H groups in total. The van der Waals surface area contributed by atoms with Gasteiger partial charge in [-0.3, -0.25) is 4.79 Å². The Morgan fingerprint density at radius 1 is 1.22 bits per heavy atom. The van der Waals surface area contributed by atoms with Crippen LogP contribution in [0.1, 0.15) is 23.6 Å². The van der Waals surface area contributed by atoms with Crippen molar-refractivity contribution in [2.45, 2.75) is 19.6 Å². The molecule has 0 heterocycles. The molecule has 0 atom stereocenters. The molecule has 2 aromatic carbocycles. The number of hydrogen-bond acceptors (Lipinski definition) is 3. The summed E-state index contributed by atoms with van der Waals surface area (Å²) in [4.78, 5) is 14.3. The van der Waals surface area contributed by atoms with Crippen LogP contribution in [-0.2, 0) is 10.5 Å². The molecule has 4 heteroatoms. The van der Waals surface area contributed by atoms with Crippen LogP contribution in [0.2, 0.25) is 0 Å². The third-order valence-electron chi connectivity index (χ3n) is 3.51. The highest BCUT2D eigenvalue weighted by Gasteiger charge is 2.13. The summed E-state index contributed by atoms with van der Waals surface area (Å²) in [5, 5.41) is 8.79. The van der Waals surface area contributed by atoms with Gasteiger partial charge in [0.15, 0.2) is 0 Å². The molecule has 2 rings (SSSR count). The second-order valence-electron chi connectivity index (χ2n) is 5.28. The topological polar surface area (TPSA) is 44.1 Å². The Labute approximate surface area is 141 Å². The van der Waals surface area contributed by atoms with Gasteiger partial charge in [-0.05, 0) is 49.2 Å². The lowest BCUT2D eigenvalue weighted by Gasteiger charge is -2.21. The van der Waals surface area contributed by atoms with E-state index in [4.69, 9.17) is 5.26 Å². The average Bonchev–Trinajstić information content (AvgIpc) is 2.56. The number of thioether (sulfide) groups is 1. The number of rotatable bonds is 6. The third-order valence-corrected chi connectivity index (χ3v) is 4.50. The van der Waals surface area contributed by atoms with Crippen LogP contribution in [0.3, 0.4) is 0 Å². The molecule has 0 aliphatic carbocycles. The van der Waals surface area contributed by atoms with Gasteiger partial charge < -0.3 is 4.90 Å². The highest BCUT2D eigenvalue weighted by Crippen LogP contribution is 2.19. The van der Waals surface area contributed by atoms with Crippen LogP contribution in [0.15, 0.2) is 48.5 Å². The molecule has 23 heavy (non-hydrogen) atoms. The molecule has 0 saturated carbocycles. The molecule has 118 valence electrons. The van der Waals surface area contributed by atoms with E-state index < -0.39 is 0 Å². The molecule has 0 aromatic heterocycles. The Hall–Kier alpha value is -2.25. The predicted octanol–water partition coefficient (Wildman–Crippen LogP) is 4.15. The minimum Gasteiger partial charge on any atom is -0.312 e. The van der Waals surface area contributed by atoms with Crippen LogP contribution in [0.4, 0.5) is 5.69 Å². The average molecular weight is 324 g/mol. The quantitative estimate of drug-likeness (QED) is 0.801. The molecule has 1 amide bonds. The van der Waals surface area contributed by atoms with Crippen molar-refractivity contribution in [2.24, 2.45) is 0 Å². The van der Waals surface area contributed by atoms with E-state index in [1.54, 1.807) is 11.8 Å². The molecule has 0 fully saturated rings. The van der Waals surface area contributed by atoms with Crippen molar-refractivity contribution in [3.8, 4) is 6.07 Å². The van der Waals surface area contributed by atoms with Gasteiger partial charge in [0.05, 0.1) is 17.4 Å². The van der Waals surface area contributed by atoms with Crippen molar-refractivity contribution in [3.05, 3.63) is 65.2 Å². The second-order valence-corrected chi connectivity index (χ2v) is 6.26. The first-order valence-electron chi connectivity index (χ1n) is 7.58. The Kier molecular flexibility index (Phi) is 6.25. The normalized spacial score (nSPS) is 10.1. The van der Waals surface area contributed by atoms with Gasteiger partial charge in [-0.1, -0.05) is 24.3 Å². The molecule has 2 aromatic rings. The summed E-state index contributed by atoms with van der Waals surface area (Å²) >= 11 is 1.60. The lowest BCUT2D eigenvalue weighted by atomic mass is 10.2. The molecular formula is C19H20N2OS. The summed E-state index contributed by atoms with van der Waals surface area (Å²) in [6.45, 7) is 4.69. The number of nitriles is 1. The van der Waals surface area contributed by atoms with Gasteiger partial charge >= 0.3 is 0 Å². The van der Waals surface area contributed by atoms with Crippen molar-refractivity contribution < 1.29 is 4.79 Å². The molecule has 0 bridgehead atoms. The molecule has 0 aliphatic heterocycles. The standard InChI is InChI=1S/C19H20N2OS/c1-3-21(18-6-4-5-15(2)11-18)19(22)14-23-13-17-9-7-16(12-20)8-10-17/h4-11H,3,13-14H2,1-2H3. The fourth-order valence-electron chi connectivity index (χ4n) is 2.31. The first kappa shape index (κ1) is 17.1. The Balaban J connectivity index is 1.91. The van der Waals surface area contributed by atoms with Crippen LogP contribution < -0.4 is 4.90 Å². The fraction of sp³-hybridized carbons (Fsp3) is 0.263. The lowest BCUT2D eigenvalue weighted by molar-refractivity contribution is -0.116. The minimum atomic E-state index is 0.122. The molecule has 0 saturated heterocycles. The van der Waals surface area contributed by atoms with E-state index in [1.165, 1.54) is 0 Å². The van der Waals surface area contributed by atoms with Gasteiger partial charge in [0, 0.05) is 18.0 Å². The van der Waals surface area contributed by atoms with Gasteiger partial charge in [0.1, 0.15) is 0 Å². The maximum Gasteiger partial charge on any atom is 0.236 e. The Morgan fingerprint density at radius 3 is 2.57 bits per heavy atom.